The van der Waals surface area contributed by atoms with Gasteiger partial charge in [0.05, 0.1) is 6.10 Å². The quantitative estimate of drug-likeness (QED) is 0.611. The fourth-order valence-corrected chi connectivity index (χ4v) is 2.79. The van der Waals surface area contributed by atoms with Crippen LogP contribution in [0.15, 0.2) is 0 Å². The van der Waals surface area contributed by atoms with Gasteiger partial charge >= 0.3 is 0 Å². The molecule has 70 valence electrons. The third-order valence-corrected chi connectivity index (χ3v) is 3.51. The lowest BCUT2D eigenvalue weighted by Crippen LogP contribution is -2.56. The standard InChI is InChI=1S/C9H18N2O/c1-11-6-3-4-8(11)9(12-2)7(10)5-6/h6-9H,3-5,10H2,1-2H3. The Morgan fingerprint density at radius 2 is 2.17 bits per heavy atom. The van der Waals surface area contributed by atoms with E-state index in [0.29, 0.717) is 6.04 Å². The van der Waals surface area contributed by atoms with Crippen molar-refractivity contribution in [1.29, 1.82) is 0 Å². The van der Waals surface area contributed by atoms with E-state index in [1.165, 1.54) is 12.8 Å². The van der Waals surface area contributed by atoms with Crippen LogP contribution in [0.5, 0.6) is 0 Å². The number of rotatable bonds is 1. The van der Waals surface area contributed by atoms with E-state index in [4.69, 9.17) is 10.5 Å². The van der Waals surface area contributed by atoms with E-state index in [1.807, 2.05) is 0 Å². The summed E-state index contributed by atoms with van der Waals surface area (Å²) in [6, 6.07) is 1.55. The number of fused-ring (bicyclic) bond motifs is 2. The van der Waals surface area contributed by atoms with Crippen LogP contribution in [0, 0.1) is 0 Å². The van der Waals surface area contributed by atoms with Crippen molar-refractivity contribution in [1.82, 2.24) is 4.90 Å². The zero-order valence-corrected chi connectivity index (χ0v) is 7.86. The van der Waals surface area contributed by atoms with Crippen LogP contribution in [-0.4, -0.2) is 43.3 Å². The lowest BCUT2D eigenvalue weighted by atomic mass is 9.95. The highest BCUT2D eigenvalue weighted by molar-refractivity contribution is 5.01. The van der Waals surface area contributed by atoms with Gasteiger partial charge in [0, 0.05) is 25.2 Å². The van der Waals surface area contributed by atoms with Gasteiger partial charge in [-0.05, 0) is 26.3 Å². The third-order valence-electron chi connectivity index (χ3n) is 3.51. The van der Waals surface area contributed by atoms with Gasteiger partial charge in [-0.15, -0.1) is 0 Å². The number of hydrogen-bond acceptors (Lipinski definition) is 3. The fourth-order valence-electron chi connectivity index (χ4n) is 2.79. The van der Waals surface area contributed by atoms with Gasteiger partial charge in [0.15, 0.2) is 0 Å². The molecular weight excluding hydrogens is 152 g/mol. The second-order valence-corrected chi connectivity index (χ2v) is 4.06. The van der Waals surface area contributed by atoms with Gasteiger partial charge in [-0.1, -0.05) is 0 Å². The molecule has 0 saturated carbocycles. The summed E-state index contributed by atoms with van der Waals surface area (Å²) in [5.74, 6) is 0. The number of hydrogen-bond donors (Lipinski definition) is 1. The maximum absolute atomic E-state index is 6.02. The molecule has 0 aliphatic carbocycles. The van der Waals surface area contributed by atoms with Crippen LogP contribution in [0.3, 0.4) is 0 Å². The molecule has 2 N–H and O–H groups in total. The molecular formula is C9H18N2O. The zero-order valence-electron chi connectivity index (χ0n) is 7.86. The normalized spacial score (nSPS) is 48.2. The first-order chi connectivity index (χ1) is 5.74. The Kier molecular flexibility index (Phi) is 2.10. The molecule has 2 aliphatic rings. The first-order valence-electron chi connectivity index (χ1n) is 4.74. The Labute approximate surface area is 73.9 Å². The van der Waals surface area contributed by atoms with Gasteiger partial charge in [0.25, 0.3) is 0 Å². The Hall–Kier alpha value is -0.120. The predicted molar refractivity (Wildman–Crippen MR) is 48.0 cm³/mol. The number of methoxy groups -OCH3 is 1. The SMILES string of the molecule is COC1C(N)CC2CCC1N2C. The number of nitrogens with zero attached hydrogens (tertiary/aromatic N) is 1. The molecule has 2 heterocycles. The van der Waals surface area contributed by atoms with Gasteiger partial charge in [0.1, 0.15) is 0 Å². The summed E-state index contributed by atoms with van der Waals surface area (Å²) in [6.07, 6.45) is 3.92. The molecule has 0 aromatic heterocycles. The predicted octanol–water partition coefficient (Wildman–Crippen LogP) is 0.195. The molecule has 0 aromatic carbocycles. The van der Waals surface area contributed by atoms with Gasteiger partial charge in [-0.2, -0.15) is 0 Å². The van der Waals surface area contributed by atoms with Crippen LogP contribution in [0.25, 0.3) is 0 Å². The molecule has 3 heteroatoms. The summed E-state index contributed by atoms with van der Waals surface area (Å²) in [4.78, 5) is 2.44. The maximum Gasteiger partial charge on any atom is 0.0877 e. The average molecular weight is 170 g/mol. The Morgan fingerprint density at radius 3 is 2.83 bits per heavy atom. The topological polar surface area (TPSA) is 38.5 Å². The maximum atomic E-state index is 6.02. The van der Waals surface area contributed by atoms with Crippen molar-refractivity contribution < 1.29 is 4.74 Å². The van der Waals surface area contributed by atoms with Crippen molar-refractivity contribution >= 4 is 0 Å². The molecule has 2 saturated heterocycles. The monoisotopic (exact) mass is 170 g/mol. The highest BCUT2D eigenvalue weighted by Crippen LogP contribution is 2.34. The second kappa shape index (κ2) is 2.98. The summed E-state index contributed by atoms with van der Waals surface area (Å²) in [5.41, 5.74) is 6.02. The summed E-state index contributed by atoms with van der Waals surface area (Å²) in [7, 11) is 3.97. The number of nitrogens with two attached hydrogens (primary N) is 1. The van der Waals surface area contributed by atoms with Crippen LogP contribution in [0.4, 0.5) is 0 Å². The molecule has 3 nitrogen and oxygen atoms in total. The smallest absolute Gasteiger partial charge is 0.0877 e. The largest absolute Gasteiger partial charge is 0.378 e. The van der Waals surface area contributed by atoms with Gasteiger partial charge in [-0.3, -0.25) is 4.90 Å². The van der Waals surface area contributed by atoms with Crippen LogP contribution < -0.4 is 5.73 Å². The van der Waals surface area contributed by atoms with Crippen LogP contribution in [0.1, 0.15) is 19.3 Å². The molecule has 2 aliphatic heterocycles. The Balaban J connectivity index is 2.14. The van der Waals surface area contributed by atoms with Gasteiger partial charge in [-0.25, -0.2) is 0 Å². The lowest BCUT2D eigenvalue weighted by Gasteiger charge is -2.40. The van der Waals surface area contributed by atoms with E-state index in [0.717, 1.165) is 12.5 Å². The minimum Gasteiger partial charge on any atom is -0.378 e. The van der Waals surface area contributed by atoms with Crippen molar-refractivity contribution in [2.45, 2.75) is 43.5 Å². The highest BCUT2D eigenvalue weighted by atomic mass is 16.5. The molecule has 0 spiro atoms. The van der Waals surface area contributed by atoms with E-state index in [1.54, 1.807) is 7.11 Å². The minimum atomic E-state index is 0.253. The molecule has 0 radical (unpaired) electrons. The Morgan fingerprint density at radius 1 is 1.42 bits per heavy atom. The summed E-state index contributed by atoms with van der Waals surface area (Å²) >= 11 is 0. The van der Waals surface area contributed by atoms with E-state index >= 15 is 0 Å². The summed E-state index contributed by atoms with van der Waals surface area (Å²) < 4.78 is 5.44. The van der Waals surface area contributed by atoms with E-state index in [-0.39, 0.29) is 12.1 Å². The third kappa shape index (κ3) is 1.08. The number of piperidine rings is 1. The highest BCUT2D eigenvalue weighted by Gasteiger charge is 2.44. The fraction of sp³-hybridized carbons (Fsp3) is 1.00. The molecule has 2 fully saturated rings. The molecule has 2 rings (SSSR count). The average Bonchev–Trinajstić information content (AvgIpc) is 2.34. The molecule has 2 bridgehead atoms. The molecule has 0 amide bonds. The number of likely N-dealkylation sites (N-methyl/N-ethyl adjacent to an activating group) is 1. The first-order valence-corrected chi connectivity index (χ1v) is 4.74. The second-order valence-electron chi connectivity index (χ2n) is 4.06. The van der Waals surface area contributed by atoms with Crippen LogP contribution >= 0.6 is 0 Å². The van der Waals surface area contributed by atoms with Crippen molar-refractivity contribution in [3.8, 4) is 0 Å². The van der Waals surface area contributed by atoms with Crippen molar-refractivity contribution in [2.24, 2.45) is 5.73 Å². The number of ether oxygens (including phenoxy) is 1. The van der Waals surface area contributed by atoms with Gasteiger partial charge < -0.3 is 10.5 Å². The molecule has 4 atom stereocenters. The van der Waals surface area contributed by atoms with Crippen molar-refractivity contribution in [3.05, 3.63) is 0 Å². The van der Waals surface area contributed by atoms with Crippen molar-refractivity contribution in [3.63, 3.8) is 0 Å². The summed E-state index contributed by atoms with van der Waals surface area (Å²) in [5, 5.41) is 0. The van der Waals surface area contributed by atoms with Gasteiger partial charge in [0.2, 0.25) is 0 Å². The summed E-state index contributed by atoms with van der Waals surface area (Å²) in [6.45, 7) is 0. The van der Waals surface area contributed by atoms with Crippen LogP contribution in [0.2, 0.25) is 0 Å². The molecule has 0 aromatic rings. The van der Waals surface area contributed by atoms with Crippen molar-refractivity contribution in [2.75, 3.05) is 14.2 Å². The zero-order chi connectivity index (χ0) is 8.72. The van der Waals surface area contributed by atoms with E-state index in [9.17, 15) is 0 Å². The lowest BCUT2D eigenvalue weighted by molar-refractivity contribution is -0.0173. The van der Waals surface area contributed by atoms with E-state index < -0.39 is 0 Å². The molecule has 12 heavy (non-hydrogen) atoms. The Bertz CT molecular complexity index is 174. The minimum absolute atomic E-state index is 0.253. The van der Waals surface area contributed by atoms with E-state index in [2.05, 4.69) is 11.9 Å². The van der Waals surface area contributed by atoms with Crippen LogP contribution in [-0.2, 0) is 4.74 Å². The first kappa shape index (κ1) is 8.48. The molecule has 4 unspecified atom stereocenters.